The average molecular weight is 273 g/mol. The van der Waals surface area contributed by atoms with Crippen molar-refractivity contribution in [2.24, 2.45) is 16.8 Å². The van der Waals surface area contributed by atoms with Gasteiger partial charge >= 0.3 is 0 Å². The van der Waals surface area contributed by atoms with Crippen molar-refractivity contribution in [3.05, 3.63) is 35.4 Å². The summed E-state index contributed by atoms with van der Waals surface area (Å²) in [6, 6.07) is 8.22. The Morgan fingerprint density at radius 1 is 1.30 bits per heavy atom. The molecular formula is C16H23N3O. The van der Waals surface area contributed by atoms with E-state index in [1.165, 1.54) is 5.56 Å². The van der Waals surface area contributed by atoms with Crippen LogP contribution in [0.4, 0.5) is 0 Å². The first-order valence-electron chi connectivity index (χ1n) is 7.30. The molecule has 1 amide bonds. The minimum atomic E-state index is -0.106. The molecule has 1 unspecified atom stereocenters. The highest BCUT2D eigenvalue weighted by Crippen LogP contribution is 2.23. The molecule has 0 saturated heterocycles. The van der Waals surface area contributed by atoms with Crippen molar-refractivity contribution >= 4 is 11.6 Å². The summed E-state index contributed by atoms with van der Waals surface area (Å²) < 4.78 is 0. The number of aryl methyl sites for hydroxylation is 1. The van der Waals surface area contributed by atoms with Gasteiger partial charge in [-0.15, -0.1) is 0 Å². The predicted molar refractivity (Wildman–Crippen MR) is 81.2 cm³/mol. The van der Waals surface area contributed by atoms with Gasteiger partial charge in [0.15, 0.2) is 0 Å². The summed E-state index contributed by atoms with van der Waals surface area (Å²) in [5, 5.41) is 6.13. The Labute approximate surface area is 120 Å². The molecule has 0 fully saturated rings. The molecule has 1 aromatic carbocycles. The molecule has 0 bridgehead atoms. The SMILES string of the molecule is CCCC1=NN(Cc2ccc(C)cc2)C(=O)C1CCN. The fourth-order valence-electron chi connectivity index (χ4n) is 2.51. The summed E-state index contributed by atoms with van der Waals surface area (Å²) in [6.07, 6.45) is 2.58. The van der Waals surface area contributed by atoms with E-state index < -0.39 is 0 Å². The van der Waals surface area contributed by atoms with Gasteiger partial charge in [0.05, 0.1) is 18.2 Å². The van der Waals surface area contributed by atoms with Crippen LogP contribution in [0.1, 0.15) is 37.3 Å². The van der Waals surface area contributed by atoms with E-state index in [9.17, 15) is 4.79 Å². The topological polar surface area (TPSA) is 58.7 Å². The number of carbonyl (C=O) groups excluding carboxylic acids is 1. The number of nitrogens with zero attached hydrogens (tertiary/aromatic N) is 2. The Kier molecular flexibility index (Phi) is 4.90. The summed E-state index contributed by atoms with van der Waals surface area (Å²) in [5.41, 5.74) is 8.94. The van der Waals surface area contributed by atoms with Crippen molar-refractivity contribution in [1.29, 1.82) is 0 Å². The van der Waals surface area contributed by atoms with Gasteiger partial charge in [-0.05, 0) is 31.9 Å². The van der Waals surface area contributed by atoms with Gasteiger partial charge in [-0.3, -0.25) is 4.79 Å². The molecule has 2 rings (SSSR count). The maximum Gasteiger partial charge on any atom is 0.251 e. The quantitative estimate of drug-likeness (QED) is 0.865. The summed E-state index contributed by atoms with van der Waals surface area (Å²) in [4.78, 5) is 12.4. The first kappa shape index (κ1) is 14.7. The Hall–Kier alpha value is -1.68. The Morgan fingerprint density at radius 3 is 2.60 bits per heavy atom. The van der Waals surface area contributed by atoms with Crippen LogP contribution in [0.2, 0.25) is 0 Å². The largest absolute Gasteiger partial charge is 0.330 e. The smallest absolute Gasteiger partial charge is 0.251 e. The molecule has 1 aliphatic heterocycles. The molecule has 4 nitrogen and oxygen atoms in total. The van der Waals surface area contributed by atoms with Gasteiger partial charge in [-0.2, -0.15) is 5.10 Å². The number of hydrogen-bond donors (Lipinski definition) is 1. The van der Waals surface area contributed by atoms with E-state index in [1.54, 1.807) is 5.01 Å². The highest BCUT2D eigenvalue weighted by molar-refractivity contribution is 6.07. The van der Waals surface area contributed by atoms with Crippen molar-refractivity contribution in [3.63, 3.8) is 0 Å². The average Bonchev–Trinajstić information content (AvgIpc) is 2.71. The molecule has 108 valence electrons. The number of amides is 1. The molecule has 20 heavy (non-hydrogen) atoms. The highest BCUT2D eigenvalue weighted by Gasteiger charge is 2.34. The monoisotopic (exact) mass is 273 g/mol. The zero-order chi connectivity index (χ0) is 14.5. The van der Waals surface area contributed by atoms with E-state index in [4.69, 9.17) is 5.73 Å². The van der Waals surface area contributed by atoms with Crippen LogP contribution in [0, 0.1) is 12.8 Å². The standard InChI is InChI=1S/C16H23N3O/c1-3-4-15-14(9-10-17)16(20)19(18-15)11-13-7-5-12(2)6-8-13/h5-8,14H,3-4,9-11,17H2,1-2H3. The second-order valence-electron chi connectivity index (χ2n) is 5.35. The van der Waals surface area contributed by atoms with Crippen molar-refractivity contribution in [3.8, 4) is 0 Å². The van der Waals surface area contributed by atoms with E-state index in [0.717, 1.165) is 24.1 Å². The highest BCUT2D eigenvalue weighted by atomic mass is 16.2. The maximum atomic E-state index is 12.4. The number of carbonyl (C=O) groups is 1. The first-order chi connectivity index (χ1) is 9.65. The third kappa shape index (κ3) is 3.25. The van der Waals surface area contributed by atoms with E-state index >= 15 is 0 Å². The van der Waals surface area contributed by atoms with Crippen LogP contribution in [0.15, 0.2) is 29.4 Å². The van der Waals surface area contributed by atoms with Gasteiger partial charge in [-0.25, -0.2) is 5.01 Å². The van der Waals surface area contributed by atoms with Crippen LogP contribution in [-0.4, -0.2) is 23.2 Å². The second kappa shape index (κ2) is 6.66. The third-order valence-corrected chi connectivity index (χ3v) is 3.62. The first-order valence-corrected chi connectivity index (χ1v) is 7.30. The Bertz CT molecular complexity index is 493. The third-order valence-electron chi connectivity index (χ3n) is 3.62. The summed E-state index contributed by atoms with van der Waals surface area (Å²) in [5.74, 6) is -0.00938. The molecule has 0 saturated carbocycles. The molecule has 1 aromatic rings. The molecule has 4 heteroatoms. The summed E-state index contributed by atoms with van der Waals surface area (Å²) >= 11 is 0. The zero-order valence-electron chi connectivity index (χ0n) is 12.3. The van der Waals surface area contributed by atoms with Crippen molar-refractivity contribution in [2.75, 3.05) is 6.54 Å². The maximum absolute atomic E-state index is 12.4. The van der Waals surface area contributed by atoms with Crippen molar-refractivity contribution in [1.82, 2.24) is 5.01 Å². The van der Waals surface area contributed by atoms with Crippen molar-refractivity contribution < 1.29 is 4.79 Å². The lowest BCUT2D eigenvalue weighted by Crippen LogP contribution is -2.29. The van der Waals surface area contributed by atoms with Gasteiger partial charge in [0, 0.05) is 0 Å². The van der Waals surface area contributed by atoms with Crippen LogP contribution >= 0.6 is 0 Å². The molecule has 0 radical (unpaired) electrons. The predicted octanol–water partition coefficient (Wildman–Crippen LogP) is 2.46. The number of hydrazone groups is 1. The van der Waals surface area contributed by atoms with E-state index in [1.807, 2.05) is 12.1 Å². The molecule has 0 spiro atoms. The zero-order valence-corrected chi connectivity index (χ0v) is 12.3. The number of benzene rings is 1. The molecule has 2 N–H and O–H groups in total. The number of nitrogens with two attached hydrogens (primary N) is 1. The Morgan fingerprint density at radius 2 is 2.00 bits per heavy atom. The fourth-order valence-corrected chi connectivity index (χ4v) is 2.51. The minimum Gasteiger partial charge on any atom is -0.330 e. The second-order valence-corrected chi connectivity index (χ2v) is 5.35. The number of rotatable bonds is 6. The van der Waals surface area contributed by atoms with Gasteiger partial charge in [0.25, 0.3) is 5.91 Å². The minimum absolute atomic E-state index is 0.0967. The summed E-state index contributed by atoms with van der Waals surface area (Å²) in [6.45, 7) is 5.24. The van der Waals surface area contributed by atoms with E-state index in [-0.39, 0.29) is 11.8 Å². The van der Waals surface area contributed by atoms with Crippen LogP contribution in [0.3, 0.4) is 0 Å². The van der Waals surface area contributed by atoms with Gasteiger partial charge < -0.3 is 5.73 Å². The molecule has 0 aromatic heterocycles. The van der Waals surface area contributed by atoms with Gasteiger partial charge in [0.1, 0.15) is 0 Å². The van der Waals surface area contributed by atoms with Crippen molar-refractivity contribution in [2.45, 2.75) is 39.7 Å². The van der Waals surface area contributed by atoms with Crippen LogP contribution in [0.5, 0.6) is 0 Å². The van der Waals surface area contributed by atoms with E-state index in [0.29, 0.717) is 19.5 Å². The van der Waals surface area contributed by atoms with Gasteiger partial charge in [-0.1, -0.05) is 43.2 Å². The fraction of sp³-hybridized carbons (Fsp3) is 0.500. The molecule has 1 heterocycles. The van der Waals surface area contributed by atoms with E-state index in [2.05, 4.69) is 31.1 Å². The van der Waals surface area contributed by atoms with Crippen LogP contribution in [-0.2, 0) is 11.3 Å². The molecule has 1 aliphatic rings. The summed E-state index contributed by atoms with van der Waals surface area (Å²) in [7, 11) is 0. The van der Waals surface area contributed by atoms with Crippen LogP contribution < -0.4 is 5.73 Å². The molecule has 1 atom stereocenters. The number of hydrogen-bond acceptors (Lipinski definition) is 3. The normalized spacial score (nSPS) is 18.6. The van der Waals surface area contributed by atoms with Crippen LogP contribution in [0.25, 0.3) is 0 Å². The lowest BCUT2D eigenvalue weighted by atomic mass is 9.96. The Balaban J connectivity index is 2.11. The lowest BCUT2D eigenvalue weighted by molar-refractivity contribution is -0.132. The molecular weight excluding hydrogens is 250 g/mol. The van der Waals surface area contributed by atoms with Gasteiger partial charge in [0.2, 0.25) is 0 Å². The molecule has 0 aliphatic carbocycles. The lowest BCUT2D eigenvalue weighted by Gasteiger charge is -2.14.